The highest BCUT2D eigenvalue weighted by Crippen LogP contribution is 2.19. The van der Waals surface area contributed by atoms with E-state index >= 15 is 0 Å². The molecule has 0 spiro atoms. The summed E-state index contributed by atoms with van der Waals surface area (Å²) in [5.74, 6) is 0. The maximum absolute atomic E-state index is 5.18. The van der Waals surface area contributed by atoms with E-state index in [2.05, 4.69) is 68.4 Å². The van der Waals surface area contributed by atoms with E-state index in [9.17, 15) is 0 Å². The van der Waals surface area contributed by atoms with E-state index < -0.39 is 0 Å². The third-order valence-electron chi connectivity index (χ3n) is 3.19. The van der Waals surface area contributed by atoms with Gasteiger partial charge in [0.15, 0.2) is 0 Å². The summed E-state index contributed by atoms with van der Waals surface area (Å²) < 4.78 is 5.18. The molecule has 3 nitrogen and oxygen atoms in total. The number of hydrogen-bond acceptors (Lipinski definition) is 3. The van der Waals surface area contributed by atoms with Gasteiger partial charge in [-0.3, -0.25) is 4.90 Å². The predicted octanol–water partition coefficient (Wildman–Crippen LogP) is 2.69. The first-order chi connectivity index (χ1) is 8.94. The molecule has 0 bridgehead atoms. The summed E-state index contributed by atoms with van der Waals surface area (Å²) in [4.78, 5) is 2.34. The van der Waals surface area contributed by atoms with Crippen molar-refractivity contribution in [2.24, 2.45) is 0 Å². The van der Waals surface area contributed by atoms with Gasteiger partial charge in [0.1, 0.15) is 0 Å². The molecule has 0 aliphatic carbocycles. The van der Waals surface area contributed by atoms with Crippen LogP contribution in [0.3, 0.4) is 0 Å². The number of ether oxygens (including phenoxy) is 1. The summed E-state index contributed by atoms with van der Waals surface area (Å²) in [5, 5.41) is 3.60. The van der Waals surface area contributed by atoms with E-state index in [-0.39, 0.29) is 5.54 Å². The number of hydrogen-bond donors (Lipinski definition) is 1. The van der Waals surface area contributed by atoms with Gasteiger partial charge in [0.05, 0.1) is 6.61 Å². The van der Waals surface area contributed by atoms with Crippen LogP contribution in [0.2, 0.25) is 0 Å². The Morgan fingerprint density at radius 1 is 1.21 bits per heavy atom. The lowest BCUT2D eigenvalue weighted by Crippen LogP contribution is -2.43. The number of methoxy groups -OCH3 is 1. The van der Waals surface area contributed by atoms with Gasteiger partial charge in [0.2, 0.25) is 0 Å². The van der Waals surface area contributed by atoms with Crippen LogP contribution < -0.4 is 5.32 Å². The van der Waals surface area contributed by atoms with Crippen LogP contribution in [0.25, 0.3) is 0 Å². The molecule has 0 heterocycles. The van der Waals surface area contributed by atoms with Gasteiger partial charge in [-0.25, -0.2) is 0 Å². The highest BCUT2D eigenvalue weighted by atomic mass is 16.5. The summed E-state index contributed by atoms with van der Waals surface area (Å²) >= 11 is 0. The van der Waals surface area contributed by atoms with Crippen LogP contribution in [0.15, 0.2) is 30.3 Å². The Morgan fingerprint density at radius 3 is 2.37 bits per heavy atom. The molecule has 1 aromatic rings. The van der Waals surface area contributed by atoms with Gasteiger partial charge in [0.25, 0.3) is 0 Å². The van der Waals surface area contributed by atoms with E-state index in [1.165, 1.54) is 5.56 Å². The highest BCUT2D eigenvalue weighted by Gasteiger charge is 2.19. The molecular formula is C16H28N2O. The van der Waals surface area contributed by atoms with Crippen molar-refractivity contribution in [2.45, 2.75) is 32.4 Å². The van der Waals surface area contributed by atoms with Crippen LogP contribution in [-0.2, 0) is 4.74 Å². The molecule has 19 heavy (non-hydrogen) atoms. The van der Waals surface area contributed by atoms with Crippen LogP contribution in [0, 0.1) is 0 Å². The van der Waals surface area contributed by atoms with Gasteiger partial charge in [0, 0.05) is 31.8 Å². The summed E-state index contributed by atoms with van der Waals surface area (Å²) in [6.07, 6.45) is 0. The fraction of sp³-hybridized carbons (Fsp3) is 0.625. The third-order valence-corrected chi connectivity index (χ3v) is 3.19. The maximum Gasteiger partial charge on any atom is 0.0589 e. The Morgan fingerprint density at radius 2 is 1.84 bits per heavy atom. The molecule has 0 radical (unpaired) electrons. The Bertz CT molecular complexity index is 346. The fourth-order valence-corrected chi connectivity index (χ4v) is 2.00. The topological polar surface area (TPSA) is 24.5 Å². The zero-order valence-corrected chi connectivity index (χ0v) is 12.9. The standard InChI is InChI=1S/C16H28N2O/c1-16(2,3)17-13-15(18(4)11-12-19-5)14-9-7-6-8-10-14/h6-10,15,17H,11-13H2,1-5H3. The van der Waals surface area contributed by atoms with E-state index in [1.807, 2.05) is 0 Å². The molecular weight excluding hydrogens is 236 g/mol. The molecule has 0 saturated heterocycles. The Balaban J connectivity index is 2.73. The van der Waals surface area contributed by atoms with Crippen molar-refractivity contribution < 1.29 is 4.74 Å². The van der Waals surface area contributed by atoms with Gasteiger partial charge in [-0.15, -0.1) is 0 Å². The fourth-order valence-electron chi connectivity index (χ4n) is 2.00. The zero-order chi connectivity index (χ0) is 14.3. The molecule has 1 atom stereocenters. The lowest BCUT2D eigenvalue weighted by molar-refractivity contribution is 0.135. The average molecular weight is 264 g/mol. The van der Waals surface area contributed by atoms with Crippen LogP contribution >= 0.6 is 0 Å². The van der Waals surface area contributed by atoms with Crippen LogP contribution in [-0.4, -0.2) is 44.3 Å². The van der Waals surface area contributed by atoms with Gasteiger partial charge in [-0.05, 0) is 33.4 Å². The molecule has 108 valence electrons. The second-order valence-corrected chi connectivity index (χ2v) is 6.03. The van der Waals surface area contributed by atoms with Crippen LogP contribution in [0.4, 0.5) is 0 Å². The van der Waals surface area contributed by atoms with E-state index in [1.54, 1.807) is 7.11 Å². The number of rotatable bonds is 7. The quantitative estimate of drug-likeness (QED) is 0.819. The number of nitrogens with one attached hydrogen (secondary N) is 1. The third kappa shape index (κ3) is 6.19. The summed E-state index contributed by atoms with van der Waals surface area (Å²) in [6.45, 7) is 9.23. The lowest BCUT2D eigenvalue weighted by atomic mass is 10.0. The van der Waals surface area contributed by atoms with E-state index in [0.29, 0.717) is 6.04 Å². The minimum atomic E-state index is 0.134. The zero-order valence-electron chi connectivity index (χ0n) is 12.9. The molecule has 0 aromatic heterocycles. The van der Waals surface area contributed by atoms with Crippen LogP contribution in [0.1, 0.15) is 32.4 Å². The predicted molar refractivity (Wildman–Crippen MR) is 81.4 cm³/mol. The Labute approximate surface area is 118 Å². The molecule has 1 rings (SSSR count). The smallest absolute Gasteiger partial charge is 0.0589 e. The second-order valence-electron chi connectivity index (χ2n) is 6.03. The minimum absolute atomic E-state index is 0.134. The summed E-state index contributed by atoms with van der Waals surface area (Å²) in [6, 6.07) is 11.0. The lowest BCUT2D eigenvalue weighted by Gasteiger charge is -2.32. The maximum atomic E-state index is 5.18. The largest absolute Gasteiger partial charge is 0.383 e. The van der Waals surface area contributed by atoms with Crippen molar-refractivity contribution in [1.29, 1.82) is 0 Å². The molecule has 1 aromatic carbocycles. The van der Waals surface area contributed by atoms with Crippen molar-refractivity contribution in [3.8, 4) is 0 Å². The normalized spacial score (nSPS) is 13.8. The molecule has 0 saturated carbocycles. The average Bonchev–Trinajstić information content (AvgIpc) is 2.36. The van der Waals surface area contributed by atoms with Crippen LogP contribution in [0.5, 0.6) is 0 Å². The first kappa shape index (κ1) is 16.2. The van der Waals surface area contributed by atoms with Gasteiger partial charge in [-0.1, -0.05) is 30.3 Å². The van der Waals surface area contributed by atoms with Crippen molar-refractivity contribution in [3.05, 3.63) is 35.9 Å². The van der Waals surface area contributed by atoms with Crippen molar-refractivity contribution in [3.63, 3.8) is 0 Å². The molecule has 0 amide bonds. The number of benzene rings is 1. The Hall–Kier alpha value is -0.900. The van der Waals surface area contributed by atoms with E-state index in [0.717, 1.165) is 19.7 Å². The first-order valence-corrected chi connectivity index (χ1v) is 6.93. The monoisotopic (exact) mass is 264 g/mol. The molecule has 0 aliphatic rings. The SMILES string of the molecule is COCCN(C)C(CNC(C)(C)C)c1ccccc1. The second kappa shape index (κ2) is 7.63. The number of likely N-dealkylation sites (N-methyl/N-ethyl adjacent to an activating group) is 1. The van der Waals surface area contributed by atoms with Gasteiger partial charge < -0.3 is 10.1 Å². The molecule has 0 fully saturated rings. The molecule has 3 heteroatoms. The van der Waals surface area contributed by atoms with Gasteiger partial charge >= 0.3 is 0 Å². The summed E-state index contributed by atoms with van der Waals surface area (Å²) in [5.41, 5.74) is 1.48. The highest BCUT2D eigenvalue weighted by molar-refractivity contribution is 5.19. The minimum Gasteiger partial charge on any atom is -0.383 e. The number of nitrogens with zero attached hydrogens (tertiary/aromatic N) is 1. The van der Waals surface area contributed by atoms with E-state index in [4.69, 9.17) is 4.74 Å². The van der Waals surface area contributed by atoms with Crippen molar-refractivity contribution in [1.82, 2.24) is 10.2 Å². The summed E-state index contributed by atoms with van der Waals surface area (Å²) in [7, 11) is 3.90. The molecule has 1 unspecified atom stereocenters. The van der Waals surface area contributed by atoms with Gasteiger partial charge in [-0.2, -0.15) is 0 Å². The first-order valence-electron chi connectivity index (χ1n) is 6.93. The molecule has 0 aliphatic heterocycles. The van der Waals surface area contributed by atoms with Crippen molar-refractivity contribution in [2.75, 3.05) is 33.9 Å². The Kier molecular flexibility index (Phi) is 6.49. The van der Waals surface area contributed by atoms with Crippen molar-refractivity contribution >= 4 is 0 Å². The molecule has 1 N–H and O–H groups in total.